The van der Waals surface area contributed by atoms with Crippen LogP contribution in [0.4, 0.5) is 13.2 Å². The highest BCUT2D eigenvalue weighted by Crippen LogP contribution is 2.31. The van der Waals surface area contributed by atoms with Crippen LogP contribution >= 0.6 is 0 Å². The number of halogens is 3. The van der Waals surface area contributed by atoms with Crippen molar-refractivity contribution < 1.29 is 22.5 Å². The quantitative estimate of drug-likeness (QED) is 0.538. The van der Waals surface area contributed by atoms with Gasteiger partial charge >= 0.3 is 6.18 Å². The monoisotopic (exact) mass is 461 g/mol. The van der Waals surface area contributed by atoms with Crippen LogP contribution in [0.25, 0.3) is 6.08 Å². The van der Waals surface area contributed by atoms with Crippen LogP contribution in [0, 0.1) is 13.8 Å². The SMILES string of the molecule is Cc1noc(C2CCN(C(=O)C=Cc3ccc(C(F)(F)F)cc3Cn3nnc(C)n3)CC2)n1. The summed E-state index contributed by atoms with van der Waals surface area (Å²) in [6, 6.07) is 3.38. The van der Waals surface area contributed by atoms with Gasteiger partial charge in [-0.3, -0.25) is 4.79 Å². The molecule has 9 nitrogen and oxygen atoms in total. The highest BCUT2D eigenvalue weighted by Gasteiger charge is 2.31. The Labute approximate surface area is 187 Å². The molecule has 1 aliphatic rings. The molecule has 0 atom stereocenters. The van der Waals surface area contributed by atoms with Crippen LogP contribution in [0.15, 0.2) is 28.8 Å². The summed E-state index contributed by atoms with van der Waals surface area (Å²) in [5, 5.41) is 15.4. The summed E-state index contributed by atoms with van der Waals surface area (Å²) in [4.78, 5) is 19.9. The molecule has 1 amide bonds. The zero-order chi connectivity index (χ0) is 23.6. The lowest BCUT2D eigenvalue weighted by Crippen LogP contribution is -2.36. The second-order valence-electron chi connectivity index (χ2n) is 7.89. The molecule has 1 aromatic carbocycles. The lowest BCUT2D eigenvalue weighted by molar-refractivity contribution is -0.137. The van der Waals surface area contributed by atoms with E-state index in [9.17, 15) is 18.0 Å². The number of aryl methyl sites for hydroxylation is 2. The fraction of sp³-hybridized carbons (Fsp3) is 0.429. The first-order valence-electron chi connectivity index (χ1n) is 10.4. The number of nitrogens with zero attached hydrogens (tertiary/aromatic N) is 7. The Bertz CT molecular complexity index is 1160. The van der Waals surface area contributed by atoms with Gasteiger partial charge in [-0.05, 0) is 61.2 Å². The summed E-state index contributed by atoms with van der Waals surface area (Å²) >= 11 is 0. The lowest BCUT2D eigenvalue weighted by Gasteiger charge is -2.29. The van der Waals surface area contributed by atoms with Crippen molar-refractivity contribution in [3.8, 4) is 0 Å². The number of aromatic nitrogens is 6. The Hall–Kier alpha value is -3.57. The molecule has 174 valence electrons. The van der Waals surface area contributed by atoms with E-state index in [4.69, 9.17) is 4.52 Å². The highest BCUT2D eigenvalue weighted by atomic mass is 19.4. The zero-order valence-corrected chi connectivity index (χ0v) is 18.1. The first kappa shape index (κ1) is 22.6. The van der Waals surface area contributed by atoms with E-state index in [0.717, 1.165) is 12.1 Å². The minimum absolute atomic E-state index is 0.00633. The number of rotatable bonds is 5. The summed E-state index contributed by atoms with van der Waals surface area (Å²) in [5.41, 5.74) is 0.0235. The minimum Gasteiger partial charge on any atom is -0.339 e. The van der Waals surface area contributed by atoms with Gasteiger partial charge in [-0.25, -0.2) is 0 Å². The summed E-state index contributed by atoms with van der Waals surface area (Å²) in [5.74, 6) is 1.47. The van der Waals surface area contributed by atoms with Gasteiger partial charge in [-0.1, -0.05) is 11.2 Å². The molecule has 3 aromatic rings. The molecule has 3 heterocycles. The number of piperidine rings is 1. The van der Waals surface area contributed by atoms with Gasteiger partial charge in [-0.15, -0.1) is 10.2 Å². The van der Waals surface area contributed by atoms with Crippen LogP contribution in [0.1, 0.15) is 53.0 Å². The first-order chi connectivity index (χ1) is 15.7. The van der Waals surface area contributed by atoms with Crippen molar-refractivity contribution in [2.45, 2.75) is 45.3 Å². The normalized spacial score (nSPS) is 15.5. The van der Waals surface area contributed by atoms with E-state index in [1.165, 1.54) is 23.0 Å². The molecule has 0 spiro atoms. The molecule has 0 bridgehead atoms. The summed E-state index contributed by atoms with van der Waals surface area (Å²) < 4.78 is 44.9. The topological polar surface area (TPSA) is 103 Å². The van der Waals surface area contributed by atoms with E-state index >= 15 is 0 Å². The van der Waals surface area contributed by atoms with Crippen LogP contribution in [0.2, 0.25) is 0 Å². The number of alkyl halides is 3. The van der Waals surface area contributed by atoms with Crippen molar-refractivity contribution in [3.63, 3.8) is 0 Å². The predicted molar refractivity (Wildman–Crippen MR) is 110 cm³/mol. The number of hydrogen-bond acceptors (Lipinski definition) is 7. The van der Waals surface area contributed by atoms with E-state index in [2.05, 4.69) is 25.6 Å². The number of hydrogen-bond donors (Lipinski definition) is 0. The second-order valence-corrected chi connectivity index (χ2v) is 7.89. The number of carbonyl (C=O) groups is 1. The van der Waals surface area contributed by atoms with Crippen molar-refractivity contribution in [2.24, 2.45) is 0 Å². The fourth-order valence-electron chi connectivity index (χ4n) is 3.72. The highest BCUT2D eigenvalue weighted by molar-refractivity contribution is 5.92. The van der Waals surface area contributed by atoms with Crippen LogP contribution in [-0.2, 0) is 17.5 Å². The molecule has 0 unspecified atom stereocenters. The van der Waals surface area contributed by atoms with E-state index in [1.54, 1.807) is 18.7 Å². The smallest absolute Gasteiger partial charge is 0.339 e. The molecular weight excluding hydrogens is 439 g/mol. The van der Waals surface area contributed by atoms with Crippen molar-refractivity contribution in [3.05, 3.63) is 58.5 Å². The molecule has 0 radical (unpaired) electrons. The first-order valence-corrected chi connectivity index (χ1v) is 10.4. The Balaban J connectivity index is 1.46. The summed E-state index contributed by atoms with van der Waals surface area (Å²) in [6.45, 7) is 4.44. The molecule has 2 aromatic heterocycles. The van der Waals surface area contributed by atoms with Crippen LogP contribution < -0.4 is 0 Å². The van der Waals surface area contributed by atoms with E-state index in [1.807, 2.05) is 0 Å². The Morgan fingerprint density at radius 1 is 1.21 bits per heavy atom. The third-order valence-electron chi connectivity index (χ3n) is 5.44. The van der Waals surface area contributed by atoms with Gasteiger partial charge < -0.3 is 9.42 Å². The average molecular weight is 461 g/mol. The molecule has 1 aliphatic heterocycles. The average Bonchev–Trinajstić information content (AvgIpc) is 3.40. The standard InChI is InChI=1S/C21H22F3N7O2/c1-13-25-20(33-28-13)16-7-9-30(10-8-16)19(32)6-4-15-3-5-18(21(22,23)24)11-17(15)12-31-27-14(2)26-29-31/h3-6,11,16H,7-10,12H2,1-2H3. The molecular formula is C21H22F3N7O2. The molecule has 1 saturated heterocycles. The second kappa shape index (κ2) is 9.12. The van der Waals surface area contributed by atoms with Gasteiger partial charge in [0, 0.05) is 25.1 Å². The third-order valence-corrected chi connectivity index (χ3v) is 5.44. The van der Waals surface area contributed by atoms with E-state index < -0.39 is 11.7 Å². The van der Waals surface area contributed by atoms with E-state index in [0.29, 0.717) is 54.6 Å². The van der Waals surface area contributed by atoms with Crippen LogP contribution in [0.5, 0.6) is 0 Å². The Kier molecular flexibility index (Phi) is 6.25. The predicted octanol–water partition coefficient (Wildman–Crippen LogP) is 3.16. The van der Waals surface area contributed by atoms with Crippen LogP contribution in [-0.4, -0.2) is 54.2 Å². The Morgan fingerprint density at radius 2 is 1.97 bits per heavy atom. The number of amides is 1. The van der Waals surface area contributed by atoms with Gasteiger partial charge in [0.05, 0.1) is 12.1 Å². The molecule has 1 fully saturated rings. The molecule has 0 saturated carbocycles. The van der Waals surface area contributed by atoms with Gasteiger partial charge in [0.15, 0.2) is 11.6 Å². The molecule has 0 aliphatic carbocycles. The van der Waals surface area contributed by atoms with E-state index in [-0.39, 0.29) is 18.4 Å². The maximum Gasteiger partial charge on any atom is 0.416 e. The number of likely N-dealkylation sites (tertiary alicyclic amines) is 1. The third kappa shape index (κ3) is 5.44. The molecule has 4 rings (SSSR count). The van der Waals surface area contributed by atoms with Crippen molar-refractivity contribution >= 4 is 12.0 Å². The maximum absolute atomic E-state index is 13.2. The van der Waals surface area contributed by atoms with Gasteiger partial charge in [-0.2, -0.15) is 23.0 Å². The zero-order valence-electron chi connectivity index (χ0n) is 18.1. The van der Waals surface area contributed by atoms with Crippen molar-refractivity contribution in [1.82, 2.24) is 35.2 Å². The van der Waals surface area contributed by atoms with Crippen molar-refractivity contribution in [2.75, 3.05) is 13.1 Å². The lowest BCUT2D eigenvalue weighted by atomic mass is 9.96. The Morgan fingerprint density at radius 3 is 2.58 bits per heavy atom. The molecule has 12 heteroatoms. The van der Waals surface area contributed by atoms with Gasteiger partial charge in [0.25, 0.3) is 0 Å². The minimum atomic E-state index is -4.49. The summed E-state index contributed by atoms with van der Waals surface area (Å²) in [6.07, 6.45) is -0.188. The fourth-order valence-corrected chi connectivity index (χ4v) is 3.72. The number of tetrazole rings is 1. The summed E-state index contributed by atoms with van der Waals surface area (Å²) in [7, 11) is 0. The van der Waals surface area contributed by atoms with Crippen molar-refractivity contribution in [1.29, 1.82) is 0 Å². The number of carbonyl (C=O) groups excluding carboxylic acids is 1. The largest absolute Gasteiger partial charge is 0.416 e. The van der Waals surface area contributed by atoms with Gasteiger partial charge in [0.2, 0.25) is 11.8 Å². The maximum atomic E-state index is 13.2. The number of benzene rings is 1. The molecule has 33 heavy (non-hydrogen) atoms. The van der Waals surface area contributed by atoms with Crippen LogP contribution in [0.3, 0.4) is 0 Å². The molecule has 0 N–H and O–H groups in total. The van der Waals surface area contributed by atoms with Gasteiger partial charge in [0.1, 0.15) is 0 Å².